The summed E-state index contributed by atoms with van der Waals surface area (Å²) in [6.07, 6.45) is -0.869. The Labute approximate surface area is 137 Å². The summed E-state index contributed by atoms with van der Waals surface area (Å²) < 4.78 is 41.1. The maximum Gasteiger partial charge on any atom is 1.00 e. The maximum absolute atomic E-state index is 11.8. The Bertz CT molecular complexity index is 308. The summed E-state index contributed by atoms with van der Waals surface area (Å²) in [5.41, 5.74) is 0. The van der Waals surface area contributed by atoms with Crippen molar-refractivity contribution in [2.45, 2.75) is 6.32 Å². The van der Waals surface area contributed by atoms with Gasteiger partial charge in [0.15, 0.2) is 0 Å². The van der Waals surface area contributed by atoms with Gasteiger partial charge in [-0.3, -0.25) is 0 Å². The van der Waals surface area contributed by atoms with Crippen molar-refractivity contribution in [1.82, 2.24) is 0 Å². The second-order valence-electron chi connectivity index (χ2n) is 2.80. The summed E-state index contributed by atoms with van der Waals surface area (Å²) in [6.45, 7) is -5.07. The number of hydrogen-bond acceptors (Lipinski definition) is 1. The van der Waals surface area contributed by atoms with Crippen LogP contribution in [0.15, 0.2) is 28.7 Å². The van der Waals surface area contributed by atoms with Gasteiger partial charge < -0.3 is 17.7 Å². The molecule has 0 saturated carbocycles. The van der Waals surface area contributed by atoms with E-state index in [-0.39, 0.29) is 58.0 Å². The van der Waals surface area contributed by atoms with Gasteiger partial charge in [0.1, 0.15) is 5.75 Å². The minimum atomic E-state index is -4.75. The molecule has 0 fully saturated rings. The molecule has 0 radical (unpaired) electrons. The molecule has 1 aromatic rings. The van der Waals surface area contributed by atoms with Gasteiger partial charge in [-0.15, -0.1) is 0 Å². The zero-order valence-corrected chi connectivity index (χ0v) is 12.9. The third-order valence-electron chi connectivity index (χ3n) is 1.51. The second kappa shape index (κ2) is 7.34. The van der Waals surface area contributed by atoms with E-state index in [1.165, 1.54) is 0 Å². The third kappa shape index (κ3) is 7.82. The first-order valence-corrected chi connectivity index (χ1v) is 4.86. The molecule has 0 unspecified atom stereocenters. The Hall–Kier alpha value is 0.991. The first-order chi connectivity index (χ1) is 6.47. The zero-order chi connectivity index (χ0) is 10.6. The normalized spacial score (nSPS) is 10.7. The Balaban J connectivity index is 0.00000196. The molecule has 1 nitrogen and oxygen atoms in total. The number of benzene rings is 1. The van der Waals surface area contributed by atoms with Crippen LogP contribution < -0.4 is 56.1 Å². The second-order valence-corrected chi connectivity index (χ2v) is 3.72. The van der Waals surface area contributed by atoms with Gasteiger partial charge in [-0.1, -0.05) is 28.3 Å². The fourth-order valence-corrected chi connectivity index (χ4v) is 1.25. The van der Waals surface area contributed by atoms with Crippen molar-refractivity contribution in [2.75, 3.05) is 6.61 Å². The molecule has 78 valence electrons. The summed E-state index contributed by atoms with van der Waals surface area (Å²) in [4.78, 5) is 0. The summed E-state index contributed by atoms with van der Waals surface area (Å²) in [5.74, 6) is 0.444. The molecule has 0 heterocycles. The first-order valence-electron chi connectivity index (χ1n) is 4.07. The minimum Gasteiger partial charge on any atom is -0.497 e. The monoisotopic (exact) mass is 306 g/mol. The van der Waals surface area contributed by atoms with E-state index in [9.17, 15) is 12.9 Å². The van der Waals surface area contributed by atoms with E-state index in [1.54, 1.807) is 24.3 Å². The molecule has 1 rings (SSSR count). The Kier molecular flexibility index (Phi) is 7.83. The first kappa shape index (κ1) is 16.0. The Morgan fingerprint density at radius 3 is 2.47 bits per heavy atom. The number of rotatable bonds is 4. The maximum atomic E-state index is 11.8. The van der Waals surface area contributed by atoms with Gasteiger partial charge in [-0.2, -0.15) is 0 Å². The van der Waals surface area contributed by atoms with Crippen LogP contribution in [-0.4, -0.2) is 13.6 Å². The molecule has 0 amide bonds. The molecule has 0 aliphatic rings. The summed E-state index contributed by atoms with van der Waals surface area (Å²) >= 11 is 3.20. The van der Waals surface area contributed by atoms with E-state index >= 15 is 0 Å². The average Bonchev–Trinajstić information content (AvgIpc) is 2.01. The molecule has 0 atom stereocenters. The van der Waals surface area contributed by atoms with Gasteiger partial charge in [0.2, 0.25) is 0 Å². The molecule has 15 heavy (non-hydrogen) atoms. The van der Waals surface area contributed by atoms with Gasteiger partial charge in [-0.05, 0) is 18.2 Å². The van der Waals surface area contributed by atoms with Gasteiger partial charge in [-0.25, -0.2) is 0 Å². The van der Waals surface area contributed by atoms with E-state index in [4.69, 9.17) is 4.74 Å². The average molecular weight is 307 g/mol. The predicted octanol–water partition coefficient (Wildman–Crippen LogP) is 0.679. The van der Waals surface area contributed by atoms with Gasteiger partial charge in [0, 0.05) is 4.47 Å². The van der Waals surface area contributed by atoms with Crippen molar-refractivity contribution < 1.29 is 69.1 Å². The van der Waals surface area contributed by atoms with Crippen molar-refractivity contribution in [3.63, 3.8) is 0 Å². The number of ether oxygens (including phenoxy) is 1. The smallest absolute Gasteiger partial charge is 0.497 e. The van der Waals surface area contributed by atoms with Crippen LogP contribution in [0.1, 0.15) is 0 Å². The van der Waals surface area contributed by atoms with Crippen molar-refractivity contribution in [3.8, 4) is 5.75 Å². The molecule has 0 spiro atoms. The fraction of sp³-hybridized carbons (Fsp3) is 0.250. The molecule has 0 aliphatic carbocycles. The third-order valence-corrected chi connectivity index (χ3v) is 2.00. The summed E-state index contributed by atoms with van der Waals surface area (Å²) in [5, 5.41) is 0. The largest absolute Gasteiger partial charge is 1.00 e. The molecule has 1 aromatic carbocycles. The topological polar surface area (TPSA) is 9.23 Å². The molecule has 0 saturated heterocycles. The van der Waals surface area contributed by atoms with Crippen molar-refractivity contribution in [1.29, 1.82) is 0 Å². The van der Waals surface area contributed by atoms with E-state index in [0.29, 0.717) is 5.75 Å². The van der Waals surface area contributed by atoms with E-state index < -0.39 is 13.3 Å². The Morgan fingerprint density at radius 2 is 1.93 bits per heavy atom. The summed E-state index contributed by atoms with van der Waals surface area (Å²) in [6, 6.07) is 6.73. The van der Waals surface area contributed by atoms with E-state index in [0.717, 1.165) is 4.47 Å². The van der Waals surface area contributed by atoms with Crippen molar-refractivity contribution in [2.24, 2.45) is 0 Å². The van der Waals surface area contributed by atoms with Crippen LogP contribution in [0.2, 0.25) is 6.32 Å². The predicted molar refractivity (Wildman–Crippen MR) is 53.5 cm³/mol. The van der Waals surface area contributed by atoms with Crippen molar-refractivity contribution >= 4 is 22.9 Å². The fourth-order valence-electron chi connectivity index (χ4n) is 0.867. The molecule has 0 N–H and O–H groups in total. The van der Waals surface area contributed by atoms with Gasteiger partial charge in [0.25, 0.3) is 0 Å². The quantitative estimate of drug-likeness (QED) is 0.744. The van der Waals surface area contributed by atoms with Crippen LogP contribution in [0.3, 0.4) is 0 Å². The van der Waals surface area contributed by atoms with Gasteiger partial charge >= 0.3 is 58.4 Å². The molecular formula is C8H8BBrF3KO. The van der Waals surface area contributed by atoms with E-state index in [2.05, 4.69) is 15.9 Å². The van der Waals surface area contributed by atoms with Crippen molar-refractivity contribution in [3.05, 3.63) is 28.7 Å². The Morgan fingerprint density at radius 1 is 1.27 bits per heavy atom. The van der Waals surface area contributed by atoms with Gasteiger partial charge in [0.05, 0.1) is 6.61 Å². The molecule has 7 heteroatoms. The van der Waals surface area contributed by atoms with Crippen LogP contribution in [-0.2, 0) is 0 Å². The molecule has 0 bridgehead atoms. The standard InChI is InChI=1S/C8H8BBrF3O.K/c10-7-2-1-3-8(6-7)14-5-4-9(11,12)13;/h1-3,6H,4-5H2;/q-1;+1. The van der Waals surface area contributed by atoms with Crippen LogP contribution in [0.5, 0.6) is 5.75 Å². The van der Waals surface area contributed by atoms with Crippen LogP contribution in [0, 0.1) is 0 Å². The minimum absolute atomic E-state index is 0. The van der Waals surface area contributed by atoms with Crippen LogP contribution in [0.4, 0.5) is 12.9 Å². The number of halogens is 4. The molecule has 0 aliphatic heterocycles. The van der Waals surface area contributed by atoms with E-state index in [1.807, 2.05) is 0 Å². The number of hydrogen-bond donors (Lipinski definition) is 0. The molecular weight excluding hydrogens is 299 g/mol. The molecule has 0 aromatic heterocycles. The summed E-state index contributed by atoms with van der Waals surface area (Å²) in [7, 11) is 0. The SMILES string of the molecule is F[B-](F)(F)CCOc1cccc(Br)c1.[K+]. The zero-order valence-electron chi connectivity index (χ0n) is 8.22. The van der Waals surface area contributed by atoms with Crippen LogP contribution in [0.25, 0.3) is 0 Å². The van der Waals surface area contributed by atoms with Crippen LogP contribution >= 0.6 is 15.9 Å².